The normalized spacial score (nSPS) is 36.8. The second-order valence-electron chi connectivity index (χ2n) is 5.60. The summed E-state index contributed by atoms with van der Waals surface area (Å²) in [7, 11) is 0. The van der Waals surface area contributed by atoms with Crippen LogP contribution >= 0.6 is 15.9 Å². The van der Waals surface area contributed by atoms with Crippen LogP contribution in [0.5, 0.6) is 0 Å². The monoisotopic (exact) mass is 274 g/mol. The first-order chi connectivity index (χ1) is 7.24. The van der Waals surface area contributed by atoms with Crippen molar-refractivity contribution in [2.45, 2.75) is 57.5 Å². The van der Waals surface area contributed by atoms with Crippen molar-refractivity contribution < 1.29 is 4.74 Å². The molecule has 2 aliphatic carbocycles. The molecule has 2 aliphatic rings. The van der Waals surface area contributed by atoms with Gasteiger partial charge in [-0.2, -0.15) is 0 Å². The molecule has 2 saturated carbocycles. The highest BCUT2D eigenvalue weighted by Crippen LogP contribution is 2.38. The van der Waals surface area contributed by atoms with Gasteiger partial charge in [-0.05, 0) is 31.1 Å². The Morgan fingerprint density at radius 2 is 2.13 bits per heavy atom. The second-order valence-corrected chi connectivity index (χ2v) is 6.16. The Hall–Kier alpha value is 0.440. The zero-order valence-electron chi connectivity index (χ0n) is 9.80. The molecule has 2 fully saturated rings. The molecule has 0 N–H and O–H groups in total. The Balaban J connectivity index is 1.77. The fraction of sp³-hybridized carbons (Fsp3) is 1.00. The summed E-state index contributed by atoms with van der Waals surface area (Å²) in [6.07, 6.45) is 9.43. The maximum Gasteiger partial charge on any atom is 0.0781 e. The van der Waals surface area contributed by atoms with Gasteiger partial charge in [-0.1, -0.05) is 48.5 Å². The second kappa shape index (κ2) is 5.18. The van der Waals surface area contributed by atoms with Crippen LogP contribution in [0.3, 0.4) is 0 Å². The molecule has 2 heteroatoms. The van der Waals surface area contributed by atoms with E-state index in [9.17, 15) is 0 Å². The molecule has 15 heavy (non-hydrogen) atoms. The van der Waals surface area contributed by atoms with Crippen LogP contribution in [0.15, 0.2) is 0 Å². The molecular weight excluding hydrogens is 252 g/mol. The van der Waals surface area contributed by atoms with E-state index in [0.29, 0.717) is 0 Å². The minimum atomic E-state index is 0.173. The Labute approximate surface area is 102 Å². The summed E-state index contributed by atoms with van der Waals surface area (Å²) in [5, 5.41) is 1.02. The molecule has 0 radical (unpaired) electrons. The number of ether oxygens (including phenoxy) is 1. The van der Waals surface area contributed by atoms with Crippen LogP contribution in [0.25, 0.3) is 0 Å². The van der Waals surface area contributed by atoms with Gasteiger partial charge >= 0.3 is 0 Å². The first-order valence-corrected chi connectivity index (χ1v) is 7.56. The Kier molecular flexibility index (Phi) is 4.11. The Morgan fingerprint density at radius 1 is 1.33 bits per heavy atom. The smallest absolute Gasteiger partial charge is 0.0781 e. The molecule has 0 heterocycles. The van der Waals surface area contributed by atoms with Crippen LogP contribution < -0.4 is 0 Å². The molecule has 1 nitrogen and oxygen atoms in total. The van der Waals surface area contributed by atoms with Crippen molar-refractivity contribution in [2.24, 2.45) is 11.8 Å². The first kappa shape index (κ1) is 11.9. The van der Waals surface area contributed by atoms with E-state index >= 15 is 0 Å². The van der Waals surface area contributed by atoms with E-state index in [0.717, 1.165) is 23.8 Å². The minimum absolute atomic E-state index is 0.173. The van der Waals surface area contributed by atoms with Crippen LogP contribution in [-0.4, -0.2) is 17.5 Å². The van der Waals surface area contributed by atoms with Gasteiger partial charge in [0.05, 0.1) is 5.60 Å². The molecule has 0 bridgehead atoms. The van der Waals surface area contributed by atoms with Crippen molar-refractivity contribution >= 4 is 15.9 Å². The van der Waals surface area contributed by atoms with Crippen LogP contribution in [0.1, 0.15) is 51.9 Å². The zero-order chi connectivity index (χ0) is 10.7. The van der Waals surface area contributed by atoms with Crippen molar-refractivity contribution in [3.05, 3.63) is 0 Å². The molecule has 0 amide bonds. The third-order valence-electron chi connectivity index (χ3n) is 3.92. The average Bonchev–Trinajstić information content (AvgIpc) is 3.02. The molecule has 0 aromatic heterocycles. The van der Waals surface area contributed by atoms with E-state index in [4.69, 9.17) is 4.74 Å². The lowest BCUT2D eigenvalue weighted by Crippen LogP contribution is -2.39. The fourth-order valence-electron chi connectivity index (χ4n) is 2.75. The summed E-state index contributed by atoms with van der Waals surface area (Å²) in [6.45, 7) is 3.35. The Morgan fingerprint density at radius 3 is 2.73 bits per heavy atom. The van der Waals surface area contributed by atoms with Crippen molar-refractivity contribution in [3.8, 4) is 0 Å². The molecule has 2 atom stereocenters. The van der Waals surface area contributed by atoms with E-state index in [1.807, 2.05) is 0 Å². The fourth-order valence-corrected chi connectivity index (χ4v) is 3.42. The van der Waals surface area contributed by atoms with Crippen LogP contribution in [0.4, 0.5) is 0 Å². The summed E-state index contributed by atoms with van der Waals surface area (Å²) < 4.78 is 6.19. The van der Waals surface area contributed by atoms with Gasteiger partial charge in [0.25, 0.3) is 0 Å². The van der Waals surface area contributed by atoms with Gasteiger partial charge < -0.3 is 4.74 Å². The number of alkyl halides is 1. The molecule has 0 spiro atoms. The van der Waals surface area contributed by atoms with Gasteiger partial charge in [0.15, 0.2) is 0 Å². The predicted octanol–water partition coefficient (Wildman–Crippen LogP) is 4.15. The highest BCUT2D eigenvalue weighted by atomic mass is 79.9. The lowest BCUT2D eigenvalue weighted by molar-refractivity contribution is -0.0648. The molecule has 0 saturated heterocycles. The summed E-state index contributed by atoms with van der Waals surface area (Å²) >= 11 is 3.65. The van der Waals surface area contributed by atoms with Crippen molar-refractivity contribution in [3.63, 3.8) is 0 Å². The molecule has 2 rings (SSSR count). The van der Waals surface area contributed by atoms with Gasteiger partial charge in [0.1, 0.15) is 0 Å². The SMILES string of the molecule is CC1CCCC(CBr)(OCCC2CC2)C1. The van der Waals surface area contributed by atoms with Gasteiger partial charge in [-0.15, -0.1) is 0 Å². The predicted molar refractivity (Wildman–Crippen MR) is 67.5 cm³/mol. The van der Waals surface area contributed by atoms with Crippen molar-refractivity contribution in [1.82, 2.24) is 0 Å². The summed E-state index contributed by atoms with van der Waals surface area (Å²) in [6, 6.07) is 0. The average molecular weight is 275 g/mol. The van der Waals surface area contributed by atoms with E-state index < -0.39 is 0 Å². The minimum Gasteiger partial charge on any atom is -0.374 e. The van der Waals surface area contributed by atoms with Gasteiger partial charge in [0, 0.05) is 11.9 Å². The molecule has 0 aromatic carbocycles. The van der Waals surface area contributed by atoms with Crippen molar-refractivity contribution in [1.29, 1.82) is 0 Å². The maximum atomic E-state index is 6.19. The van der Waals surface area contributed by atoms with E-state index in [2.05, 4.69) is 22.9 Å². The van der Waals surface area contributed by atoms with Gasteiger partial charge in [0.2, 0.25) is 0 Å². The summed E-state index contributed by atoms with van der Waals surface area (Å²) in [5.41, 5.74) is 0.173. The maximum absolute atomic E-state index is 6.19. The van der Waals surface area contributed by atoms with E-state index in [1.54, 1.807) is 0 Å². The molecule has 0 aliphatic heterocycles. The Bertz CT molecular complexity index is 203. The molecule has 88 valence electrons. The summed E-state index contributed by atoms with van der Waals surface area (Å²) in [4.78, 5) is 0. The van der Waals surface area contributed by atoms with E-state index in [1.165, 1.54) is 44.9 Å². The topological polar surface area (TPSA) is 9.23 Å². The lowest BCUT2D eigenvalue weighted by atomic mass is 9.80. The van der Waals surface area contributed by atoms with Crippen LogP contribution in [-0.2, 0) is 4.74 Å². The number of rotatable bonds is 5. The highest BCUT2D eigenvalue weighted by Gasteiger charge is 2.35. The number of halogens is 1. The quantitative estimate of drug-likeness (QED) is 0.685. The highest BCUT2D eigenvalue weighted by molar-refractivity contribution is 9.09. The third-order valence-corrected chi connectivity index (χ3v) is 4.95. The lowest BCUT2D eigenvalue weighted by Gasteiger charge is -2.38. The zero-order valence-corrected chi connectivity index (χ0v) is 11.4. The third kappa shape index (κ3) is 3.45. The van der Waals surface area contributed by atoms with Crippen molar-refractivity contribution in [2.75, 3.05) is 11.9 Å². The largest absolute Gasteiger partial charge is 0.374 e. The van der Waals surface area contributed by atoms with Gasteiger partial charge in [-0.25, -0.2) is 0 Å². The standard InChI is InChI=1S/C13H23BrO/c1-11-3-2-7-13(9-11,10-14)15-8-6-12-4-5-12/h11-12H,2-10H2,1H3. The van der Waals surface area contributed by atoms with Crippen LogP contribution in [0.2, 0.25) is 0 Å². The van der Waals surface area contributed by atoms with Crippen LogP contribution in [0, 0.1) is 11.8 Å². The first-order valence-electron chi connectivity index (χ1n) is 6.44. The number of hydrogen-bond donors (Lipinski definition) is 0. The van der Waals surface area contributed by atoms with E-state index in [-0.39, 0.29) is 5.60 Å². The van der Waals surface area contributed by atoms with Gasteiger partial charge in [-0.3, -0.25) is 0 Å². The molecular formula is C13H23BrO. The summed E-state index contributed by atoms with van der Waals surface area (Å²) in [5.74, 6) is 1.84. The molecule has 0 aromatic rings. The molecule has 2 unspecified atom stereocenters. The number of hydrogen-bond acceptors (Lipinski definition) is 1.